The molecule has 1 fully saturated rings. The number of aromatic nitrogens is 1. The Bertz CT molecular complexity index is 1420. The number of aromatic hydroxyl groups is 1. The summed E-state index contributed by atoms with van der Waals surface area (Å²) in [6, 6.07) is 18.1. The number of aryl methyl sites for hydroxylation is 1. The van der Waals surface area contributed by atoms with Gasteiger partial charge >= 0.3 is 0 Å². The fraction of sp³-hybridized carbons (Fsp3) is 0.300. The monoisotopic (exact) mass is 499 g/mol. The van der Waals surface area contributed by atoms with Crippen LogP contribution in [-0.4, -0.2) is 64.6 Å². The summed E-state index contributed by atoms with van der Waals surface area (Å²) in [6.07, 6.45) is 0.632. The Morgan fingerprint density at radius 1 is 1.14 bits per heavy atom. The van der Waals surface area contributed by atoms with Crippen LogP contribution in [-0.2, 0) is 6.54 Å². The molecule has 192 valence electrons. The van der Waals surface area contributed by atoms with E-state index in [0.29, 0.717) is 12.1 Å². The molecule has 3 aromatic carbocycles. The number of methoxy groups -OCH3 is 1. The first-order valence-electron chi connectivity index (χ1n) is 12.5. The minimum atomic E-state index is -1.33. The molecule has 0 aliphatic carbocycles. The third kappa shape index (κ3) is 4.85. The van der Waals surface area contributed by atoms with Gasteiger partial charge in [-0.2, -0.15) is 0 Å². The van der Waals surface area contributed by atoms with Crippen molar-refractivity contribution in [3.05, 3.63) is 94.7 Å². The van der Waals surface area contributed by atoms with Gasteiger partial charge in [0, 0.05) is 54.9 Å². The Kier molecular flexibility index (Phi) is 7.02. The number of hydrogen-bond acceptors (Lipinski definition) is 6. The van der Waals surface area contributed by atoms with Gasteiger partial charge in [-0.25, -0.2) is 0 Å². The summed E-state index contributed by atoms with van der Waals surface area (Å²) in [5.74, 6) is 0.222. The van der Waals surface area contributed by atoms with Crippen molar-refractivity contribution in [1.29, 1.82) is 0 Å². The van der Waals surface area contributed by atoms with Gasteiger partial charge in [0.1, 0.15) is 17.6 Å². The van der Waals surface area contributed by atoms with Gasteiger partial charge in [-0.05, 0) is 54.9 Å². The summed E-state index contributed by atoms with van der Waals surface area (Å²) in [4.78, 5) is 21.0. The molecule has 0 saturated carbocycles. The summed E-state index contributed by atoms with van der Waals surface area (Å²) in [7, 11) is 3.80. The fourth-order valence-electron chi connectivity index (χ4n) is 5.34. The second kappa shape index (κ2) is 10.4. The average Bonchev–Trinajstić information content (AvgIpc) is 3.41. The van der Waals surface area contributed by atoms with E-state index in [9.17, 15) is 15.0 Å². The number of nitrogens with zero attached hydrogens (tertiary/aromatic N) is 2. The summed E-state index contributed by atoms with van der Waals surface area (Å²) in [5, 5.41) is 22.6. The number of piperazine rings is 1. The van der Waals surface area contributed by atoms with Gasteiger partial charge in [-0.3, -0.25) is 9.69 Å². The smallest absolute Gasteiger partial charge is 0.199 e. The van der Waals surface area contributed by atoms with E-state index in [0.717, 1.165) is 53.0 Å². The highest BCUT2D eigenvalue weighted by molar-refractivity contribution is 6.02. The number of aromatic amines is 1. The van der Waals surface area contributed by atoms with Crippen LogP contribution in [0.5, 0.6) is 11.5 Å². The zero-order chi connectivity index (χ0) is 26.1. The van der Waals surface area contributed by atoms with E-state index in [1.807, 2.05) is 18.3 Å². The summed E-state index contributed by atoms with van der Waals surface area (Å²) in [5.41, 5.74) is 4.91. The van der Waals surface area contributed by atoms with Crippen molar-refractivity contribution in [3.63, 3.8) is 0 Å². The van der Waals surface area contributed by atoms with Crippen LogP contribution in [0.25, 0.3) is 10.9 Å². The number of fused-ring (bicyclic) bond motifs is 1. The number of hydrogen-bond donors (Lipinski definition) is 3. The molecule has 0 spiro atoms. The first-order chi connectivity index (χ1) is 17.9. The molecule has 0 bridgehead atoms. The number of H-pyrrole nitrogens is 1. The van der Waals surface area contributed by atoms with Crippen molar-refractivity contribution in [1.82, 2.24) is 14.8 Å². The molecule has 1 aliphatic rings. The van der Waals surface area contributed by atoms with E-state index in [4.69, 9.17) is 4.74 Å². The van der Waals surface area contributed by atoms with Crippen molar-refractivity contribution < 1.29 is 19.7 Å². The highest BCUT2D eigenvalue weighted by atomic mass is 16.5. The molecule has 2 atom stereocenters. The number of phenolic OH excluding ortho intramolecular Hbond substituents is 1. The summed E-state index contributed by atoms with van der Waals surface area (Å²) < 4.78 is 5.78. The second-order valence-electron chi connectivity index (χ2n) is 9.84. The number of benzene rings is 3. The number of aliphatic hydroxyl groups is 1. The van der Waals surface area contributed by atoms with Crippen LogP contribution in [0, 0.1) is 6.92 Å². The van der Waals surface area contributed by atoms with Crippen LogP contribution in [0.3, 0.4) is 0 Å². The highest BCUT2D eigenvalue weighted by Gasteiger charge is 2.30. The second-order valence-corrected chi connectivity index (χ2v) is 9.84. The van der Waals surface area contributed by atoms with Gasteiger partial charge < -0.3 is 24.8 Å². The average molecular weight is 500 g/mol. The molecule has 5 rings (SSSR count). The molecule has 1 aromatic heterocycles. The molecule has 1 aliphatic heterocycles. The number of Topliss-reactive ketones (excluding diaryl/α,β-unsaturated/α-hetero) is 1. The molecule has 7 nitrogen and oxygen atoms in total. The Balaban J connectivity index is 1.45. The Morgan fingerprint density at radius 2 is 1.92 bits per heavy atom. The van der Waals surface area contributed by atoms with Crippen LogP contribution in [0.15, 0.2) is 66.9 Å². The quantitative estimate of drug-likeness (QED) is 0.322. The summed E-state index contributed by atoms with van der Waals surface area (Å²) in [6.45, 7) is 5.31. The zero-order valence-electron chi connectivity index (χ0n) is 21.4. The van der Waals surface area contributed by atoms with Crippen molar-refractivity contribution in [3.8, 4) is 11.5 Å². The largest absolute Gasteiger partial charge is 0.507 e. The number of carbonyl (C=O) groups is 1. The SMILES string of the molecule is COc1cc(C)c2[nH]ccc2c1CN1CCN(C)CC1c1ccc(C(=O)C(O)c2ccccc2)c(O)c1. The normalized spacial score (nSPS) is 17.7. The maximum Gasteiger partial charge on any atom is 0.199 e. The fourth-order valence-corrected chi connectivity index (χ4v) is 5.34. The highest BCUT2D eigenvalue weighted by Crippen LogP contribution is 2.36. The lowest BCUT2D eigenvalue weighted by Crippen LogP contribution is -2.46. The number of ketones is 1. The van der Waals surface area contributed by atoms with Crippen LogP contribution in [0.2, 0.25) is 0 Å². The summed E-state index contributed by atoms with van der Waals surface area (Å²) >= 11 is 0. The molecule has 2 unspecified atom stereocenters. The topological polar surface area (TPSA) is 89.0 Å². The third-order valence-corrected chi connectivity index (χ3v) is 7.42. The van der Waals surface area contributed by atoms with Gasteiger partial charge in [0.15, 0.2) is 5.78 Å². The minimum Gasteiger partial charge on any atom is -0.507 e. The first kappa shape index (κ1) is 25.0. The first-order valence-corrected chi connectivity index (χ1v) is 12.5. The predicted molar refractivity (Wildman–Crippen MR) is 144 cm³/mol. The molecular formula is C30H33N3O4. The van der Waals surface area contributed by atoms with E-state index in [1.165, 1.54) is 0 Å². The number of likely N-dealkylation sites (N-methyl/N-ethyl adjacent to an activating group) is 1. The standard InChI is InChI=1S/C30H33N3O4/c1-19-15-27(37-3)24(22-11-12-31-28(19)22)17-33-14-13-32(2)18-25(33)21-9-10-23(26(34)16-21)30(36)29(35)20-7-5-4-6-8-20/h4-12,15-16,25,29,31,34-35H,13-14,17-18H2,1-3H3. The Morgan fingerprint density at radius 3 is 2.65 bits per heavy atom. The van der Waals surface area contributed by atoms with Crippen molar-refractivity contribution in [2.24, 2.45) is 0 Å². The van der Waals surface area contributed by atoms with Gasteiger partial charge in [0.25, 0.3) is 0 Å². The lowest BCUT2D eigenvalue weighted by atomic mass is 9.95. The minimum absolute atomic E-state index is 0.00727. The number of phenols is 1. The van der Waals surface area contributed by atoms with E-state index in [-0.39, 0.29) is 17.4 Å². The van der Waals surface area contributed by atoms with Crippen LogP contribution in [0.1, 0.15) is 44.8 Å². The molecule has 1 saturated heterocycles. The van der Waals surface area contributed by atoms with Gasteiger partial charge in [-0.1, -0.05) is 36.4 Å². The van der Waals surface area contributed by atoms with Crippen molar-refractivity contribution >= 4 is 16.7 Å². The number of carbonyl (C=O) groups excluding carboxylic acids is 1. The number of rotatable bonds is 7. The van der Waals surface area contributed by atoms with Gasteiger partial charge in [-0.15, -0.1) is 0 Å². The maximum absolute atomic E-state index is 13.0. The van der Waals surface area contributed by atoms with Gasteiger partial charge in [0.2, 0.25) is 0 Å². The molecule has 0 radical (unpaired) electrons. The lowest BCUT2D eigenvalue weighted by molar-refractivity contribution is 0.0743. The molecular weight excluding hydrogens is 466 g/mol. The van der Waals surface area contributed by atoms with Crippen LogP contribution < -0.4 is 4.74 Å². The zero-order valence-corrected chi connectivity index (χ0v) is 21.4. The van der Waals surface area contributed by atoms with Gasteiger partial charge in [0.05, 0.1) is 12.7 Å². The van der Waals surface area contributed by atoms with Crippen molar-refractivity contribution in [2.45, 2.75) is 25.6 Å². The van der Waals surface area contributed by atoms with E-state index in [1.54, 1.807) is 43.5 Å². The predicted octanol–water partition coefficient (Wildman–Crippen LogP) is 4.60. The molecule has 7 heteroatoms. The molecule has 2 heterocycles. The Labute approximate surface area is 216 Å². The molecule has 0 amide bonds. The Hall–Kier alpha value is -3.65. The molecule has 37 heavy (non-hydrogen) atoms. The van der Waals surface area contributed by atoms with E-state index < -0.39 is 11.9 Å². The number of nitrogens with one attached hydrogen (secondary N) is 1. The number of aliphatic hydroxyl groups excluding tert-OH is 1. The molecule has 4 aromatic rings. The number of ether oxygens (including phenoxy) is 1. The van der Waals surface area contributed by atoms with E-state index in [2.05, 4.69) is 40.9 Å². The molecule has 3 N–H and O–H groups in total. The van der Waals surface area contributed by atoms with E-state index >= 15 is 0 Å². The van der Waals surface area contributed by atoms with Crippen molar-refractivity contribution in [2.75, 3.05) is 33.8 Å². The third-order valence-electron chi connectivity index (χ3n) is 7.42. The van der Waals surface area contributed by atoms with Crippen LogP contribution >= 0.6 is 0 Å². The van der Waals surface area contributed by atoms with Crippen LogP contribution in [0.4, 0.5) is 0 Å². The maximum atomic E-state index is 13.0. The lowest BCUT2D eigenvalue weighted by Gasteiger charge is -2.40.